The summed E-state index contributed by atoms with van der Waals surface area (Å²) >= 11 is 5.67. The van der Waals surface area contributed by atoms with Gasteiger partial charge in [0.05, 0.1) is 29.6 Å². The number of nitrogens with two attached hydrogens (primary N) is 1. The van der Waals surface area contributed by atoms with Crippen LogP contribution in [0.5, 0.6) is 0 Å². The molecule has 0 aliphatic heterocycles. The molecule has 0 saturated heterocycles. The second-order valence-electron chi connectivity index (χ2n) is 4.09. The highest BCUT2D eigenvalue weighted by Crippen LogP contribution is 2.15. The highest BCUT2D eigenvalue weighted by Gasteiger charge is 2.21. The van der Waals surface area contributed by atoms with Crippen LogP contribution < -0.4 is 11.1 Å². The van der Waals surface area contributed by atoms with E-state index in [9.17, 15) is 4.79 Å². The lowest BCUT2D eigenvalue weighted by Gasteiger charge is -2.23. The summed E-state index contributed by atoms with van der Waals surface area (Å²) in [6.07, 6.45) is 1.32. The standard InChI is InChI=1S/C10H14ClN3O2/c1-10(2,5-15)14-9(16)6-3-8(11)13-4-7(6)12/h3-4,15H,5,12H2,1-2H3,(H,14,16). The Labute approximate surface area is 98.6 Å². The van der Waals surface area contributed by atoms with Crippen molar-refractivity contribution in [1.29, 1.82) is 0 Å². The van der Waals surface area contributed by atoms with Crippen molar-refractivity contribution in [2.45, 2.75) is 19.4 Å². The predicted octanol–water partition coefficient (Wildman–Crippen LogP) is 0.818. The number of nitrogens with zero attached hydrogens (tertiary/aromatic N) is 1. The zero-order valence-corrected chi connectivity index (χ0v) is 9.88. The molecule has 0 saturated carbocycles. The fraction of sp³-hybridized carbons (Fsp3) is 0.400. The minimum absolute atomic E-state index is 0.169. The van der Waals surface area contributed by atoms with Gasteiger partial charge in [-0.15, -0.1) is 0 Å². The largest absolute Gasteiger partial charge is 0.397 e. The lowest BCUT2D eigenvalue weighted by Crippen LogP contribution is -2.46. The molecule has 0 spiro atoms. The molecule has 6 heteroatoms. The Morgan fingerprint density at radius 2 is 2.31 bits per heavy atom. The minimum Gasteiger partial charge on any atom is -0.397 e. The van der Waals surface area contributed by atoms with Gasteiger partial charge in [-0.3, -0.25) is 4.79 Å². The molecule has 0 aliphatic rings. The highest BCUT2D eigenvalue weighted by molar-refractivity contribution is 6.29. The number of aromatic nitrogens is 1. The normalized spacial score (nSPS) is 11.2. The molecule has 1 rings (SSSR count). The van der Waals surface area contributed by atoms with E-state index in [1.54, 1.807) is 13.8 Å². The third kappa shape index (κ3) is 3.08. The molecular formula is C10H14ClN3O2. The number of nitrogen functional groups attached to an aromatic ring is 1. The van der Waals surface area contributed by atoms with Gasteiger partial charge in [-0.2, -0.15) is 0 Å². The van der Waals surface area contributed by atoms with Crippen molar-refractivity contribution in [3.05, 3.63) is 23.0 Å². The monoisotopic (exact) mass is 243 g/mol. The van der Waals surface area contributed by atoms with Gasteiger partial charge in [0.1, 0.15) is 5.15 Å². The topological polar surface area (TPSA) is 88.2 Å². The Hall–Kier alpha value is -1.33. The van der Waals surface area contributed by atoms with Gasteiger partial charge in [0, 0.05) is 0 Å². The number of carbonyl (C=O) groups is 1. The quantitative estimate of drug-likeness (QED) is 0.686. The number of hydrogen-bond acceptors (Lipinski definition) is 4. The number of halogens is 1. The molecule has 1 aromatic rings. The van der Waals surface area contributed by atoms with Crippen LogP contribution in [0.25, 0.3) is 0 Å². The highest BCUT2D eigenvalue weighted by atomic mass is 35.5. The molecule has 1 aromatic heterocycles. The maximum atomic E-state index is 11.8. The van der Waals surface area contributed by atoms with Crippen molar-refractivity contribution in [1.82, 2.24) is 10.3 Å². The number of nitrogens with one attached hydrogen (secondary N) is 1. The summed E-state index contributed by atoms with van der Waals surface area (Å²) in [7, 11) is 0. The summed E-state index contributed by atoms with van der Waals surface area (Å²) in [5.74, 6) is -0.388. The number of amides is 1. The lowest BCUT2D eigenvalue weighted by molar-refractivity contribution is 0.0870. The molecule has 0 fully saturated rings. The molecule has 1 amide bonds. The number of rotatable bonds is 3. The number of anilines is 1. The fourth-order valence-corrected chi connectivity index (χ4v) is 1.21. The van der Waals surface area contributed by atoms with Crippen LogP contribution in [-0.4, -0.2) is 28.1 Å². The summed E-state index contributed by atoms with van der Waals surface area (Å²) in [6, 6.07) is 1.39. The van der Waals surface area contributed by atoms with Gasteiger partial charge in [-0.25, -0.2) is 4.98 Å². The Morgan fingerprint density at radius 3 is 2.88 bits per heavy atom. The zero-order chi connectivity index (χ0) is 12.3. The van der Waals surface area contributed by atoms with Crippen molar-refractivity contribution in [3.8, 4) is 0 Å². The Morgan fingerprint density at radius 1 is 1.69 bits per heavy atom. The van der Waals surface area contributed by atoms with E-state index in [1.165, 1.54) is 12.3 Å². The maximum Gasteiger partial charge on any atom is 0.254 e. The summed E-state index contributed by atoms with van der Waals surface area (Å²) in [5, 5.41) is 11.9. The first-order chi connectivity index (χ1) is 7.35. The van der Waals surface area contributed by atoms with Crippen LogP contribution >= 0.6 is 11.6 Å². The molecule has 5 nitrogen and oxygen atoms in total. The van der Waals surface area contributed by atoms with E-state index in [2.05, 4.69) is 10.3 Å². The van der Waals surface area contributed by atoms with Crippen LogP contribution in [0.4, 0.5) is 5.69 Å². The van der Waals surface area contributed by atoms with E-state index < -0.39 is 5.54 Å². The first-order valence-corrected chi connectivity index (χ1v) is 5.08. The smallest absolute Gasteiger partial charge is 0.254 e. The van der Waals surface area contributed by atoms with E-state index in [4.69, 9.17) is 22.4 Å². The summed E-state index contributed by atoms with van der Waals surface area (Å²) < 4.78 is 0. The molecule has 0 bridgehead atoms. The molecule has 0 unspecified atom stereocenters. The fourth-order valence-electron chi connectivity index (χ4n) is 1.05. The van der Waals surface area contributed by atoms with E-state index in [0.29, 0.717) is 0 Å². The summed E-state index contributed by atoms with van der Waals surface area (Å²) in [4.78, 5) is 15.6. The molecule has 4 N–H and O–H groups in total. The molecule has 16 heavy (non-hydrogen) atoms. The average molecular weight is 244 g/mol. The first-order valence-electron chi connectivity index (χ1n) is 4.70. The van der Waals surface area contributed by atoms with Gasteiger partial charge in [0.25, 0.3) is 5.91 Å². The lowest BCUT2D eigenvalue weighted by atomic mass is 10.1. The zero-order valence-electron chi connectivity index (χ0n) is 9.12. The molecular weight excluding hydrogens is 230 g/mol. The molecule has 1 heterocycles. The average Bonchev–Trinajstić information content (AvgIpc) is 2.21. The van der Waals surface area contributed by atoms with Crippen molar-refractivity contribution in [2.24, 2.45) is 0 Å². The van der Waals surface area contributed by atoms with Crippen molar-refractivity contribution in [2.75, 3.05) is 12.3 Å². The SMILES string of the molecule is CC(C)(CO)NC(=O)c1cc(Cl)ncc1N. The number of pyridine rings is 1. The third-order valence-electron chi connectivity index (χ3n) is 1.99. The number of aliphatic hydroxyl groups is 1. The first kappa shape index (κ1) is 12.7. The maximum absolute atomic E-state index is 11.8. The Balaban J connectivity index is 2.93. The number of carbonyl (C=O) groups excluding carboxylic acids is 1. The van der Waals surface area contributed by atoms with Gasteiger partial charge >= 0.3 is 0 Å². The van der Waals surface area contributed by atoms with Gasteiger partial charge in [-0.1, -0.05) is 11.6 Å². The molecule has 0 atom stereocenters. The van der Waals surface area contributed by atoms with E-state index in [1.807, 2.05) is 0 Å². The number of hydrogen-bond donors (Lipinski definition) is 3. The van der Waals surface area contributed by atoms with Crippen LogP contribution in [0.2, 0.25) is 5.15 Å². The van der Waals surface area contributed by atoms with Crippen molar-refractivity contribution >= 4 is 23.2 Å². The van der Waals surface area contributed by atoms with Crippen molar-refractivity contribution in [3.63, 3.8) is 0 Å². The van der Waals surface area contributed by atoms with Crippen LogP contribution in [-0.2, 0) is 0 Å². The van der Waals surface area contributed by atoms with Gasteiger partial charge in [-0.05, 0) is 19.9 Å². The summed E-state index contributed by atoms with van der Waals surface area (Å²) in [5.41, 5.74) is 5.39. The molecule has 88 valence electrons. The van der Waals surface area contributed by atoms with E-state index >= 15 is 0 Å². The molecule has 0 radical (unpaired) electrons. The van der Waals surface area contributed by atoms with Gasteiger partial charge < -0.3 is 16.2 Å². The third-order valence-corrected chi connectivity index (χ3v) is 2.20. The molecule has 0 aliphatic carbocycles. The summed E-state index contributed by atoms with van der Waals surface area (Å²) in [6.45, 7) is 3.23. The van der Waals surface area contributed by atoms with E-state index in [0.717, 1.165) is 0 Å². The second kappa shape index (κ2) is 4.67. The Kier molecular flexibility index (Phi) is 3.72. The van der Waals surface area contributed by atoms with Gasteiger partial charge in [0.15, 0.2) is 0 Å². The van der Waals surface area contributed by atoms with Crippen molar-refractivity contribution < 1.29 is 9.90 Å². The van der Waals surface area contributed by atoms with Crippen LogP contribution in [0.3, 0.4) is 0 Å². The Bertz CT molecular complexity index is 407. The molecule has 0 aromatic carbocycles. The van der Waals surface area contributed by atoms with Crippen LogP contribution in [0.1, 0.15) is 24.2 Å². The van der Waals surface area contributed by atoms with E-state index in [-0.39, 0.29) is 28.9 Å². The van der Waals surface area contributed by atoms with Crippen LogP contribution in [0, 0.1) is 0 Å². The predicted molar refractivity (Wildman–Crippen MR) is 62.3 cm³/mol. The minimum atomic E-state index is -0.709. The van der Waals surface area contributed by atoms with Crippen LogP contribution in [0.15, 0.2) is 12.3 Å². The second-order valence-corrected chi connectivity index (χ2v) is 4.48. The van der Waals surface area contributed by atoms with Gasteiger partial charge in [0.2, 0.25) is 0 Å². The number of aliphatic hydroxyl groups excluding tert-OH is 1.